The van der Waals surface area contributed by atoms with E-state index in [1.807, 2.05) is 18.2 Å². The standard InChI is InChI=1S/C6H6O3S2.C5H5N/c7-11(8,9)10-6-4-2-1-3-5-6;1-2-4-6-5-3-1/h1-5H,(H,7,8,9);1-5H. The summed E-state index contributed by atoms with van der Waals surface area (Å²) in [5, 5.41) is 0. The Morgan fingerprint density at radius 2 is 1.47 bits per heavy atom. The Bertz CT molecular complexity index is 488. The molecule has 2 rings (SSSR count). The fraction of sp³-hybridized carbons (Fsp3) is 0. The molecule has 0 aliphatic rings. The lowest BCUT2D eigenvalue weighted by Crippen LogP contribution is -1.87. The van der Waals surface area contributed by atoms with Gasteiger partial charge in [0.05, 0.1) is 0 Å². The van der Waals surface area contributed by atoms with Crippen LogP contribution in [0.3, 0.4) is 0 Å². The molecule has 0 bridgehead atoms. The van der Waals surface area contributed by atoms with Crippen LogP contribution < -0.4 is 0 Å². The second-order valence-electron chi connectivity index (χ2n) is 2.85. The quantitative estimate of drug-likeness (QED) is 0.670. The van der Waals surface area contributed by atoms with Crippen molar-refractivity contribution in [2.75, 3.05) is 0 Å². The summed E-state index contributed by atoms with van der Waals surface area (Å²) in [4.78, 5) is 4.29. The third-order valence-corrected chi connectivity index (χ3v) is 3.40. The summed E-state index contributed by atoms with van der Waals surface area (Å²) in [6, 6.07) is 14.1. The van der Waals surface area contributed by atoms with E-state index in [2.05, 4.69) is 4.98 Å². The SMILES string of the molecule is O=S(=O)(O)Sc1ccccc1.c1ccncc1. The number of benzene rings is 1. The zero-order valence-corrected chi connectivity index (χ0v) is 10.4. The monoisotopic (exact) mass is 269 g/mol. The molecule has 0 atom stereocenters. The first-order valence-corrected chi connectivity index (χ1v) is 7.42. The molecule has 1 N–H and O–H groups in total. The molecule has 1 aromatic heterocycles. The van der Waals surface area contributed by atoms with Gasteiger partial charge in [-0.3, -0.25) is 9.54 Å². The minimum atomic E-state index is -3.96. The highest BCUT2D eigenvalue weighted by molar-refractivity contribution is 8.69. The van der Waals surface area contributed by atoms with Gasteiger partial charge in [0.1, 0.15) is 0 Å². The van der Waals surface area contributed by atoms with E-state index in [1.54, 1.807) is 42.7 Å². The Morgan fingerprint density at radius 1 is 0.941 bits per heavy atom. The third-order valence-electron chi connectivity index (χ3n) is 1.51. The van der Waals surface area contributed by atoms with Gasteiger partial charge in [0, 0.05) is 28.1 Å². The van der Waals surface area contributed by atoms with Crippen LogP contribution in [0.1, 0.15) is 0 Å². The van der Waals surface area contributed by atoms with E-state index in [0.29, 0.717) is 15.7 Å². The summed E-state index contributed by atoms with van der Waals surface area (Å²) in [7, 11) is -3.53. The van der Waals surface area contributed by atoms with Crippen LogP contribution in [0, 0.1) is 0 Å². The highest BCUT2D eigenvalue weighted by Crippen LogP contribution is 2.21. The molecule has 0 saturated heterocycles. The molecule has 90 valence electrons. The smallest absolute Gasteiger partial charge is 0.277 e. The van der Waals surface area contributed by atoms with Crippen molar-refractivity contribution >= 4 is 19.9 Å². The van der Waals surface area contributed by atoms with Gasteiger partial charge in [-0.15, -0.1) is 0 Å². The molecule has 0 spiro atoms. The van der Waals surface area contributed by atoms with Gasteiger partial charge in [0.15, 0.2) is 0 Å². The first-order chi connectivity index (χ1) is 8.08. The summed E-state index contributed by atoms with van der Waals surface area (Å²) < 4.78 is 29.0. The predicted octanol–water partition coefficient (Wildman–Crippen LogP) is 2.66. The summed E-state index contributed by atoms with van der Waals surface area (Å²) in [6.45, 7) is 0. The first-order valence-electron chi connectivity index (χ1n) is 4.65. The maximum absolute atomic E-state index is 10.3. The van der Waals surface area contributed by atoms with Crippen molar-refractivity contribution in [2.24, 2.45) is 0 Å². The van der Waals surface area contributed by atoms with E-state index >= 15 is 0 Å². The van der Waals surface area contributed by atoms with Crippen LogP contribution in [-0.4, -0.2) is 18.0 Å². The van der Waals surface area contributed by atoms with Crippen molar-refractivity contribution in [3.8, 4) is 0 Å². The van der Waals surface area contributed by atoms with Crippen molar-refractivity contribution in [1.29, 1.82) is 0 Å². The molecule has 0 saturated carbocycles. The van der Waals surface area contributed by atoms with Crippen LogP contribution in [0.15, 0.2) is 65.8 Å². The van der Waals surface area contributed by atoms with Gasteiger partial charge in [-0.1, -0.05) is 24.3 Å². The number of hydrogen-bond donors (Lipinski definition) is 1. The number of aromatic nitrogens is 1. The third kappa shape index (κ3) is 7.51. The van der Waals surface area contributed by atoms with Crippen molar-refractivity contribution < 1.29 is 13.0 Å². The summed E-state index contributed by atoms with van der Waals surface area (Å²) in [6.07, 6.45) is 3.50. The Balaban J connectivity index is 0.000000202. The largest absolute Gasteiger partial charge is 0.324 e. The van der Waals surface area contributed by atoms with E-state index in [-0.39, 0.29) is 0 Å². The lowest BCUT2D eigenvalue weighted by atomic mass is 10.4. The van der Waals surface area contributed by atoms with Gasteiger partial charge in [0.25, 0.3) is 0 Å². The van der Waals surface area contributed by atoms with Gasteiger partial charge in [0.2, 0.25) is 0 Å². The minimum absolute atomic E-state index is 0.429. The molecular formula is C11H11NO3S2. The van der Waals surface area contributed by atoms with E-state index in [1.165, 1.54) is 0 Å². The maximum Gasteiger partial charge on any atom is 0.324 e. The van der Waals surface area contributed by atoms with Gasteiger partial charge in [-0.2, -0.15) is 8.42 Å². The van der Waals surface area contributed by atoms with Gasteiger partial charge >= 0.3 is 9.15 Å². The van der Waals surface area contributed by atoms with Crippen molar-refractivity contribution in [1.82, 2.24) is 4.98 Å². The van der Waals surface area contributed by atoms with Gasteiger partial charge in [-0.25, -0.2) is 0 Å². The molecule has 0 radical (unpaired) electrons. The van der Waals surface area contributed by atoms with Crippen LogP contribution in [0.25, 0.3) is 0 Å². The second-order valence-corrected chi connectivity index (χ2v) is 6.11. The van der Waals surface area contributed by atoms with E-state index < -0.39 is 9.15 Å². The number of hydrogen-bond acceptors (Lipinski definition) is 4. The molecular weight excluding hydrogens is 258 g/mol. The number of rotatable bonds is 2. The van der Waals surface area contributed by atoms with Crippen LogP contribution in [-0.2, 0) is 9.15 Å². The average Bonchev–Trinajstić information content (AvgIpc) is 2.31. The van der Waals surface area contributed by atoms with Crippen LogP contribution in [0.5, 0.6) is 0 Å². The molecule has 0 aliphatic carbocycles. The van der Waals surface area contributed by atoms with Crippen LogP contribution >= 0.6 is 10.8 Å². The highest BCUT2D eigenvalue weighted by atomic mass is 33.1. The van der Waals surface area contributed by atoms with Gasteiger partial charge in [-0.05, 0) is 24.3 Å². The summed E-state index contributed by atoms with van der Waals surface area (Å²) >= 11 is 0. The van der Waals surface area contributed by atoms with Crippen LogP contribution in [0.4, 0.5) is 0 Å². The number of pyridine rings is 1. The molecule has 0 fully saturated rings. The molecule has 0 unspecified atom stereocenters. The molecule has 6 heteroatoms. The van der Waals surface area contributed by atoms with Crippen molar-refractivity contribution in [2.45, 2.75) is 4.90 Å². The molecule has 4 nitrogen and oxygen atoms in total. The van der Waals surface area contributed by atoms with E-state index in [0.717, 1.165) is 0 Å². The fourth-order valence-corrected chi connectivity index (χ4v) is 2.48. The predicted molar refractivity (Wildman–Crippen MR) is 68.1 cm³/mol. The molecule has 2 aromatic rings. The Morgan fingerprint density at radius 3 is 1.82 bits per heavy atom. The average molecular weight is 269 g/mol. The Labute approximate surface area is 104 Å². The lowest BCUT2D eigenvalue weighted by molar-refractivity contribution is 0.503. The normalized spacial score (nSPS) is 10.2. The highest BCUT2D eigenvalue weighted by Gasteiger charge is 2.05. The van der Waals surface area contributed by atoms with Crippen molar-refractivity contribution in [3.63, 3.8) is 0 Å². The molecule has 17 heavy (non-hydrogen) atoms. The summed E-state index contributed by atoms with van der Waals surface area (Å²) in [5.41, 5.74) is 0. The first kappa shape index (κ1) is 13.7. The van der Waals surface area contributed by atoms with Crippen molar-refractivity contribution in [3.05, 3.63) is 60.9 Å². The molecule has 0 aliphatic heterocycles. The zero-order chi connectivity index (χ0) is 12.6. The maximum atomic E-state index is 10.3. The summed E-state index contributed by atoms with van der Waals surface area (Å²) in [5.74, 6) is 0. The van der Waals surface area contributed by atoms with Gasteiger partial charge < -0.3 is 0 Å². The van der Waals surface area contributed by atoms with Crippen LogP contribution in [0.2, 0.25) is 0 Å². The second kappa shape index (κ2) is 7.05. The molecule has 0 amide bonds. The van der Waals surface area contributed by atoms with E-state index in [4.69, 9.17) is 4.55 Å². The fourth-order valence-electron chi connectivity index (χ4n) is 0.910. The minimum Gasteiger partial charge on any atom is -0.277 e. The topological polar surface area (TPSA) is 67.3 Å². The zero-order valence-electron chi connectivity index (χ0n) is 8.80. The van der Waals surface area contributed by atoms with E-state index in [9.17, 15) is 8.42 Å². The number of nitrogens with zero attached hydrogens (tertiary/aromatic N) is 1. The Hall–Kier alpha value is -1.37. The molecule has 1 aromatic carbocycles. The lowest BCUT2D eigenvalue weighted by Gasteiger charge is -1.94. The Kier molecular flexibility index (Phi) is 5.68. The molecule has 1 heterocycles.